The number of hydrogen-bond donors (Lipinski definition) is 1. The average molecular weight is 507 g/mol. The molecular weight excluding hydrogens is 468 g/mol. The van der Waals surface area contributed by atoms with Gasteiger partial charge in [0.1, 0.15) is 11.5 Å². The SMILES string of the molecule is COc1cccc(CN2CC(N(Cc3cccc(OC)c3)C(=O)C3CC3)CC2C(=O)N2CCNCC2)c1. The minimum Gasteiger partial charge on any atom is -0.497 e. The van der Waals surface area contributed by atoms with Gasteiger partial charge < -0.3 is 24.6 Å². The summed E-state index contributed by atoms with van der Waals surface area (Å²) in [7, 11) is 3.33. The molecule has 1 saturated carbocycles. The smallest absolute Gasteiger partial charge is 0.240 e. The first-order chi connectivity index (χ1) is 18.1. The summed E-state index contributed by atoms with van der Waals surface area (Å²) in [5.74, 6) is 2.09. The first kappa shape index (κ1) is 25.5. The number of nitrogens with zero attached hydrogens (tertiary/aromatic N) is 3. The van der Waals surface area contributed by atoms with Crippen molar-refractivity contribution in [1.29, 1.82) is 0 Å². The van der Waals surface area contributed by atoms with E-state index < -0.39 is 0 Å². The van der Waals surface area contributed by atoms with Crippen molar-refractivity contribution in [2.24, 2.45) is 5.92 Å². The monoisotopic (exact) mass is 506 g/mol. The fourth-order valence-electron chi connectivity index (χ4n) is 5.56. The summed E-state index contributed by atoms with van der Waals surface area (Å²) in [6.07, 6.45) is 2.56. The first-order valence-corrected chi connectivity index (χ1v) is 13.4. The normalized spacial score (nSPS) is 22.1. The maximum absolute atomic E-state index is 13.8. The van der Waals surface area contributed by atoms with Gasteiger partial charge in [-0.05, 0) is 54.7 Å². The number of amides is 2. The van der Waals surface area contributed by atoms with Gasteiger partial charge >= 0.3 is 0 Å². The zero-order valence-corrected chi connectivity index (χ0v) is 21.9. The number of benzene rings is 2. The highest BCUT2D eigenvalue weighted by Gasteiger charge is 2.44. The molecule has 3 aliphatic rings. The van der Waals surface area contributed by atoms with Crippen LogP contribution in [0.5, 0.6) is 11.5 Å². The molecule has 3 fully saturated rings. The number of hydrogen-bond acceptors (Lipinski definition) is 6. The maximum Gasteiger partial charge on any atom is 0.240 e. The van der Waals surface area contributed by atoms with E-state index in [0.717, 1.165) is 61.6 Å². The highest BCUT2D eigenvalue weighted by atomic mass is 16.5. The fraction of sp³-hybridized carbons (Fsp3) is 0.517. The summed E-state index contributed by atoms with van der Waals surface area (Å²) < 4.78 is 10.9. The standard InChI is InChI=1S/C29H38N4O4/c1-36-25-7-3-5-21(15-25)18-32-20-24(17-27(32)29(35)31-13-11-30-12-14-31)33(28(34)23-9-10-23)19-22-6-4-8-26(16-22)37-2/h3-8,15-16,23-24,27,30H,9-14,17-20H2,1-2H3. The summed E-state index contributed by atoms with van der Waals surface area (Å²) in [4.78, 5) is 33.6. The van der Waals surface area contributed by atoms with Crippen molar-refractivity contribution >= 4 is 11.8 Å². The molecule has 198 valence electrons. The van der Waals surface area contributed by atoms with E-state index in [1.54, 1.807) is 14.2 Å². The Labute approximate surface area is 219 Å². The van der Waals surface area contributed by atoms with E-state index in [4.69, 9.17) is 9.47 Å². The molecule has 37 heavy (non-hydrogen) atoms. The van der Waals surface area contributed by atoms with E-state index in [2.05, 4.69) is 16.3 Å². The van der Waals surface area contributed by atoms with Crippen LogP contribution in [0.4, 0.5) is 0 Å². The van der Waals surface area contributed by atoms with Crippen LogP contribution in [0.15, 0.2) is 48.5 Å². The summed E-state index contributed by atoms with van der Waals surface area (Å²) in [6, 6.07) is 15.7. The molecule has 2 aliphatic heterocycles. The molecule has 2 amide bonds. The number of rotatable bonds is 9. The van der Waals surface area contributed by atoms with Crippen LogP contribution in [-0.4, -0.2) is 85.5 Å². The second-order valence-corrected chi connectivity index (χ2v) is 10.4. The van der Waals surface area contributed by atoms with Crippen LogP contribution in [0.1, 0.15) is 30.4 Å². The molecule has 2 aromatic carbocycles. The average Bonchev–Trinajstić information content (AvgIpc) is 3.72. The van der Waals surface area contributed by atoms with Crippen LogP contribution in [0.25, 0.3) is 0 Å². The number of carbonyl (C=O) groups excluding carboxylic acids is 2. The molecule has 2 saturated heterocycles. The molecule has 8 nitrogen and oxygen atoms in total. The van der Waals surface area contributed by atoms with Gasteiger partial charge in [0.15, 0.2) is 0 Å². The van der Waals surface area contributed by atoms with Crippen LogP contribution in [0, 0.1) is 5.92 Å². The topological polar surface area (TPSA) is 74.4 Å². The van der Waals surface area contributed by atoms with Gasteiger partial charge in [-0.15, -0.1) is 0 Å². The lowest BCUT2D eigenvalue weighted by molar-refractivity contribution is -0.137. The van der Waals surface area contributed by atoms with Crippen molar-refractivity contribution in [3.8, 4) is 11.5 Å². The van der Waals surface area contributed by atoms with E-state index >= 15 is 0 Å². The Hall–Kier alpha value is -3.10. The number of ether oxygens (including phenoxy) is 2. The Morgan fingerprint density at radius 1 is 0.973 bits per heavy atom. The summed E-state index contributed by atoms with van der Waals surface area (Å²) >= 11 is 0. The highest BCUT2D eigenvalue weighted by molar-refractivity contribution is 5.84. The quantitative estimate of drug-likeness (QED) is 0.564. The Morgan fingerprint density at radius 3 is 2.27 bits per heavy atom. The molecule has 2 unspecified atom stereocenters. The van der Waals surface area contributed by atoms with Crippen molar-refractivity contribution in [3.63, 3.8) is 0 Å². The van der Waals surface area contributed by atoms with E-state index in [0.29, 0.717) is 26.1 Å². The molecule has 1 N–H and O–H groups in total. The van der Waals surface area contributed by atoms with Crippen molar-refractivity contribution < 1.29 is 19.1 Å². The summed E-state index contributed by atoms with van der Waals surface area (Å²) in [6.45, 7) is 4.92. The number of piperazine rings is 1. The predicted octanol–water partition coefficient (Wildman–Crippen LogP) is 2.52. The summed E-state index contributed by atoms with van der Waals surface area (Å²) in [5.41, 5.74) is 2.15. The molecule has 1 aliphatic carbocycles. The van der Waals surface area contributed by atoms with Crippen molar-refractivity contribution in [2.75, 3.05) is 46.9 Å². The van der Waals surface area contributed by atoms with Gasteiger partial charge in [0.05, 0.1) is 20.3 Å². The second kappa shape index (κ2) is 11.5. The molecule has 0 radical (unpaired) electrons. The van der Waals surface area contributed by atoms with E-state index in [9.17, 15) is 9.59 Å². The molecule has 0 spiro atoms. The third-order valence-corrected chi connectivity index (χ3v) is 7.75. The molecule has 2 aromatic rings. The van der Waals surface area contributed by atoms with Crippen molar-refractivity contribution in [2.45, 2.75) is 44.4 Å². The van der Waals surface area contributed by atoms with Crippen LogP contribution >= 0.6 is 0 Å². The molecular formula is C29H38N4O4. The fourth-order valence-corrected chi connectivity index (χ4v) is 5.56. The van der Waals surface area contributed by atoms with Crippen LogP contribution in [-0.2, 0) is 22.7 Å². The number of nitrogens with one attached hydrogen (secondary N) is 1. The Bertz CT molecular complexity index is 1100. The largest absolute Gasteiger partial charge is 0.497 e. The van der Waals surface area contributed by atoms with E-state index in [-0.39, 0.29) is 29.8 Å². The maximum atomic E-state index is 13.8. The van der Waals surface area contributed by atoms with Gasteiger partial charge in [-0.1, -0.05) is 24.3 Å². The van der Waals surface area contributed by atoms with Gasteiger partial charge in [0.25, 0.3) is 0 Å². The van der Waals surface area contributed by atoms with Crippen molar-refractivity contribution in [3.05, 3.63) is 59.7 Å². The molecule has 0 bridgehead atoms. The third-order valence-electron chi connectivity index (χ3n) is 7.75. The van der Waals surface area contributed by atoms with Crippen molar-refractivity contribution in [1.82, 2.24) is 20.0 Å². The number of carbonyl (C=O) groups is 2. The number of methoxy groups -OCH3 is 2. The Morgan fingerprint density at radius 2 is 1.62 bits per heavy atom. The second-order valence-electron chi connectivity index (χ2n) is 10.4. The first-order valence-electron chi connectivity index (χ1n) is 13.4. The zero-order valence-electron chi connectivity index (χ0n) is 21.9. The van der Waals surface area contributed by atoms with Crippen LogP contribution < -0.4 is 14.8 Å². The third kappa shape index (κ3) is 6.08. The van der Waals surface area contributed by atoms with Crippen LogP contribution in [0.3, 0.4) is 0 Å². The Kier molecular flexibility index (Phi) is 7.96. The molecule has 5 rings (SSSR count). The molecule has 8 heteroatoms. The zero-order chi connectivity index (χ0) is 25.8. The van der Waals surface area contributed by atoms with Gasteiger partial charge in [-0.3, -0.25) is 14.5 Å². The lowest BCUT2D eigenvalue weighted by Gasteiger charge is -2.32. The highest BCUT2D eigenvalue weighted by Crippen LogP contribution is 2.35. The van der Waals surface area contributed by atoms with Gasteiger partial charge in [0.2, 0.25) is 11.8 Å². The number of likely N-dealkylation sites (tertiary alicyclic amines) is 1. The molecule has 2 atom stereocenters. The Balaban J connectivity index is 1.40. The van der Waals surface area contributed by atoms with Gasteiger partial charge in [0, 0.05) is 57.8 Å². The lowest BCUT2D eigenvalue weighted by atomic mass is 10.1. The summed E-state index contributed by atoms with van der Waals surface area (Å²) in [5, 5.41) is 3.34. The minimum atomic E-state index is -0.255. The van der Waals surface area contributed by atoms with E-state index in [1.807, 2.05) is 52.3 Å². The minimum absolute atomic E-state index is 0.0261. The molecule has 2 heterocycles. The lowest BCUT2D eigenvalue weighted by Crippen LogP contribution is -2.52. The van der Waals surface area contributed by atoms with E-state index in [1.165, 1.54) is 0 Å². The molecule has 0 aromatic heterocycles. The van der Waals surface area contributed by atoms with Gasteiger partial charge in [-0.25, -0.2) is 0 Å². The predicted molar refractivity (Wildman–Crippen MR) is 141 cm³/mol. The van der Waals surface area contributed by atoms with Crippen LogP contribution in [0.2, 0.25) is 0 Å². The van der Waals surface area contributed by atoms with Gasteiger partial charge in [-0.2, -0.15) is 0 Å².